The van der Waals surface area contributed by atoms with Crippen LogP contribution in [0.1, 0.15) is 51.6 Å². The van der Waals surface area contributed by atoms with E-state index in [0.717, 1.165) is 11.1 Å². The van der Waals surface area contributed by atoms with Crippen molar-refractivity contribution in [1.29, 1.82) is 0 Å². The maximum absolute atomic E-state index is 11.9. The molecule has 3 heteroatoms. The molecule has 1 heterocycles. The van der Waals surface area contributed by atoms with E-state index in [4.69, 9.17) is 0 Å². The molecule has 0 saturated heterocycles. The summed E-state index contributed by atoms with van der Waals surface area (Å²) in [4.78, 5) is 24.8. The fourth-order valence-electron chi connectivity index (χ4n) is 2.25. The summed E-state index contributed by atoms with van der Waals surface area (Å²) in [6, 6.07) is 3.71. The SMILES string of the molecule is Cc1c(C(C)C)ccc2c1C(=O)N(C)C2=O. The monoisotopic (exact) mass is 217 g/mol. The summed E-state index contributed by atoms with van der Waals surface area (Å²) in [5.41, 5.74) is 3.19. The topological polar surface area (TPSA) is 37.4 Å². The minimum absolute atomic E-state index is 0.181. The Morgan fingerprint density at radius 1 is 1.12 bits per heavy atom. The van der Waals surface area contributed by atoms with Gasteiger partial charge < -0.3 is 0 Å². The molecular formula is C13H15NO2. The lowest BCUT2D eigenvalue weighted by molar-refractivity contribution is 0.0693. The third kappa shape index (κ3) is 1.28. The number of nitrogens with zero attached hydrogens (tertiary/aromatic N) is 1. The predicted octanol–water partition coefficient (Wildman–Crippen LogP) is 2.34. The fraction of sp³-hybridized carbons (Fsp3) is 0.385. The van der Waals surface area contributed by atoms with Gasteiger partial charge in [-0.25, -0.2) is 0 Å². The third-order valence-corrected chi connectivity index (χ3v) is 3.18. The van der Waals surface area contributed by atoms with Crippen LogP contribution in [0.2, 0.25) is 0 Å². The lowest BCUT2D eigenvalue weighted by atomic mass is 9.92. The molecule has 1 aromatic rings. The number of hydrogen-bond donors (Lipinski definition) is 0. The van der Waals surface area contributed by atoms with Gasteiger partial charge in [0.05, 0.1) is 11.1 Å². The summed E-state index contributed by atoms with van der Waals surface area (Å²) in [5.74, 6) is -0.0162. The predicted molar refractivity (Wildman–Crippen MR) is 61.7 cm³/mol. The van der Waals surface area contributed by atoms with E-state index in [-0.39, 0.29) is 11.8 Å². The van der Waals surface area contributed by atoms with Gasteiger partial charge in [-0.05, 0) is 30.0 Å². The molecule has 0 atom stereocenters. The van der Waals surface area contributed by atoms with Crippen LogP contribution in [-0.4, -0.2) is 23.8 Å². The number of rotatable bonds is 1. The Bertz CT molecular complexity index is 489. The molecule has 3 nitrogen and oxygen atoms in total. The van der Waals surface area contributed by atoms with Crippen LogP contribution in [0.5, 0.6) is 0 Å². The van der Waals surface area contributed by atoms with Crippen LogP contribution in [-0.2, 0) is 0 Å². The molecule has 2 rings (SSSR count). The molecule has 0 radical (unpaired) electrons. The highest BCUT2D eigenvalue weighted by Crippen LogP contribution is 2.30. The highest BCUT2D eigenvalue weighted by atomic mass is 16.2. The van der Waals surface area contributed by atoms with Gasteiger partial charge in [-0.1, -0.05) is 19.9 Å². The number of carbonyl (C=O) groups is 2. The van der Waals surface area contributed by atoms with Crippen molar-refractivity contribution >= 4 is 11.8 Å². The molecule has 0 aromatic heterocycles. The molecule has 1 aliphatic rings. The number of carbonyl (C=O) groups excluding carboxylic acids is 2. The first-order valence-electron chi connectivity index (χ1n) is 5.41. The first kappa shape index (κ1) is 10.9. The van der Waals surface area contributed by atoms with Crippen molar-refractivity contribution in [3.05, 3.63) is 34.4 Å². The fourth-order valence-corrected chi connectivity index (χ4v) is 2.25. The average Bonchev–Trinajstić information content (AvgIpc) is 2.44. The van der Waals surface area contributed by atoms with Gasteiger partial charge >= 0.3 is 0 Å². The van der Waals surface area contributed by atoms with E-state index < -0.39 is 0 Å². The first-order valence-corrected chi connectivity index (χ1v) is 5.41. The normalized spacial score (nSPS) is 14.9. The van der Waals surface area contributed by atoms with Crippen molar-refractivity contribution in [3.8, 4) is 0 Å². The number of imide groups is 1. The van der Waals surface area contributed by atoms with Crippen molar-refractivity contribution in [3.63, 3.8) is 0 Å². The van der Waals surface area contributed by atoms with E-state index >= 15 is 0 Å². The van der Waals surface area contributed by atoms with Crippen molar-refractivity contribution in [2.24, 2.45) is 0 Å². The van der Waals surface area contributed by atoms with Crippen molar-refractivity contribution in [2.75, 3.05) is 7.05 Å². The van der Waals surface area contributed by atoms with Crippen LogP contribution in [0, 0.1) is 6.92 Å². The molecule has 16 heavy (non-hydrogen) atoms. The van der Waals surface area contributed by atoms with Crippen molar-refractivity contribution < 1.29 is 9.59 Å². The van der Waals surface area contributed by atoms with Crippen molar-refractivity contribution in [1.82, 2.24) is 4.90 Å². The molecule has 0 spiro atoms. The molecule has 1 aromatic carbocycles. The second-order valence-corrected chi connectivity index (χ2v) is 4.53. The van der Waals surface area contributed by atoms with Gasteiger partial charge in [-0.3, -0.25) is 14.5 Å². The second-order valence-electron chi connectivity index (χ2n) is 4.53. The summed E-state index contributed by atoms with van der Waals surface area (Å²) >= 11 is 0. The van der Waals surface area contributed by atoms with Crippen LogP contribution in [0.25, 0.3) is 0 Å². The number of hydrogen-bond acceptors (Lipinski definition) is 2. The van der Waals surface area contributed by atoms with Crippen LogP contribution in [0.15, 0.2) is 12.1 Å². The van der Waals surface area contributed by atoms with Gasteiger partial charge in [0.15, 0.2) is 0 Å². The van der Waals surface area contributed by atoms with Gasteiger partial charge in [0.2, 0.25) is 0 Å². The highest BCUT2D eigenvalue weighted by Gasteiger charge is 2.34. The lowest BCUT2D eigenvalue weighted by Gasteiger charge is -2.11. The van der Waals surface area contributed by atoms with E-state index in [1.807, 2.05) is 13.0 Å². The molecule has 0 N–H and O–H groups in total. The van der Waals surface area contributed by atoms with Crippen LogP contribution in [0.3, 0.4) is 0 Å². The lowest BCUT2D eigenvalue weighted by Crippen LogP contribution is -2.24. The van der Waals surface area contributed by atoms with E-state index in [1.54, 1.807) is 6.07 Å². The van der Waals surface area contributed by atoms with E-state index in [1.165, 1.54) is 11.9 Å². The number of amides is 2. The zero-order valence-corrected chi connectivity index (χ0v) is 10.00. The van der Waals surface area contributed by atoms with Crippen LogP contribution < -0.4 is 0 Å². The summed E-state index contributed by atoms with van der Waals surface area (Å²) < 4.78 is 0. The average molecular weight is 217 g/mol. The Morgan fingerprint density at radius 2 is 1.75 bits per heavy atom. The minimum atomic E-state index is -0.196. The Balaban J connectivity index is 2.69. The Hall–Kier alpha value is -1.64. The Morgan fingerprint density at radius 3 is 2.31 bits per heavy atom. The standard InChI is InChI=1S/C13H15NO2/c1-7(2)9-5-6-10-11(8(9)3)13(16)14(4)12(10)15/h5-7H,1-4H3. The van der Waals surface area contributed by atoms with Gasteiger partial charge in [0, 0.05) is 7.05 Å². The van der Waals surface area contributed by atoms with Gasteiger partial charge in [-0.2, -0.15) is 0 Å². The quantitative estimate of drug-likeness (QED) is 0.677. The van der Waals surface area contributed by atoms with Gasteiger partial charge in [0.1, 0.15) is 0 Å². The van der Waals surface area contributed by atoms with E-state index in [2.05, 4.69) is 13.8 Å². The maximum Gasteiger partial charge on any atom is 0.261 e. The second kappa shape index (κ2) is 3.44. The summed E-state index contributed by atoms with van der Waals surface area (Å²) in [7, 11) is 1.53. The summed E-state index contributed by atoms with van der Waals surface area (Å²) in [5, 5.41) is 0. The third-order valence-electron chi connectivity index (χ3n) is 3.18. The molecule has 84 valence electrons. The Kier molecular flexibility index (Phi) is 2.34. The minimum Gasteiger partial charge on any atom is -0.277 e. The van der Waals surface area contributed by atoms with E-state index in [0.29, 0.717) is 17.0 Å². The zero-order chi connectivity index (χ0) is 12.0. The van der Waals surface area contributed by atoms with Crippen LogP contribution >= 0.6 is 0 Å². The zero-order valence-electron chi connectivity index (χ0n) is 10.00. The molecule has 1 aliphatic heterocycles. The molecule has 0 bridgehead atoms. The van der Waals surface area contributed by atoms with Gasteiger partial charge in [0.25, 0.3) is 11.8 Å². The number of fused-ring (bicyclic) bond motifs is 1. The molecular weight excluding hydrogens is 202 g/mol. The van der Waals surface area contributed by atoms with Gasteiger partial charge in [-0.15, -0.1) is 0 Å². The molecule has 0 fully saturated rings. The molecule has 0 saturated carbocycles. The molecule has 0 unspecified atom stereocenters. The highest BCUT2D eigenvalue weighted by molar-refractivity contribution is 6.21. The van der Waals surface area contributed by atoms with Crippen molar-refractivity contribution in [2.45, 2.75) is 26.7 Å². The maximum atomic E-state index is 11.9. The molecule has 2 amide bonds. The Labute approximate surface area is 95.1 Å². The summed E-state index contributed by atoms with van der Waals surface area (Å²) in [6.45, 7) is 6.08. The summed E-state index contributed by atoms with van der Waals surface area (Å²) in [6.07, 6.45) is 0. The largest absolute Gasteiger partial charge is 0.277 e. The van der Waals surface area contributed by atoms with Crippen LogP contribution in [0.4, 0.5) is 0 Å². The van der Waals surface area contributed by atoms with E-state index in [9.17, 15) is 9.59 Å². The molecule has 0 aliphatic carbocycles. The smallest absolute Gasteiger partial charge is 0.261 e. The number of benzene rings is 1. The first-order chi connectivity index (χ1) is 7.45.